The molecule has 0 fully saturated rings. The molecule has 0 N–H and O–H groups in total. The molecule has 0 saturated carbocycles. The Kier molecular flexibility index (Phi) is 12.3. The van der Waals surface area contributed by atoms with Gasteiger partial charge in [0.05, 0.1) is 13.2 Å². The van der Waals surface area contributed by atoms with E-state index in [2.05, 4.69) is 6.92 Å². The van der Waals surface area contributed by atoms with Crippen LogP contribution in [0.2, 0.25) is 0 Å². The van der Waals surface area contributed by atoms with Gasteiger partial charge in [-0.1, -0.05) is 69.4 Å². The molecule has 0 aliphatic rings. The molecule has 4 nitrogen and oxygen atoms in total. The van der Waals surface area contributed by atoms with E-state index in [1.807, 2.05) is 30.3 Å². The molecular weight excluding hydrogens is 316 g/mol. The molecular formula is C21H32O4. The normalized spacial score (nSPS) is 10.4. The third-order valence-electron chi connectivity index (χ3n) is 4.02. The second-order valence-corrected chi connectivity index (χ2v) is 6.30. The number of esters is 2. The molecule has 1 aromatic carbocycles. The van der Waals surface area contributed by atoms with Gasteiger partial charge >= 0.3 is 11.9 Å². The topological polar surface area (TPSA) is 52.6 Å². The fourth-order valence-corrected chi connectivity index (χ4v) is 2.52. The van der Waals surface area contributed by atoms with Gasteiger partial charge in [0.15, 0.2) is 0 Å². The Hall–Kier alpha value is -1.84. The summed E-state index contributed by atoms with van der Waals surface area (Å²) in [4.78, 5) is 23.2. The van der Waals surface area contributed by atoms with Crippen LogP contribution in [-0.4, -0.2) is 25.2 Å². The van der Waals surface area contributed by atoms with Gasteiger partial charge in [-0.3, -0.25) is 9.59 Å². The third kappa shape index (κ3) is 12.2. The van der Waals surface area contributed by atoms with E-state index in [1.54, 1.807) is 0 Å². The molecule has 1 rings (SSSR count). The maximum atomic E-state index is 11.6. The third-order valence-corrected chi connectivity index (χ3v) is 4.02. The molecule has 0 bridgehead atoms. The van der Waals surface area contributed by atoms with Gasteiger partial charge in [0.25, 0.3) is 0 Å². The standard InChI is InChI=1S/C21H32O4/c1-2-3-4-5-6-10-17-24-20(22)14-11-15-21(23)25-18-16-19-12-8-7-9-13-19/h7-9,12-13H,2-6,10-11,14-18H2,1H3. The first-order valence-electron chi connectivity index (χ1n) is 9.57. The summed E-state index contributed by atoms with van der Waals surface area (Å²) in [6.07, 6.45) is 8.77. The molecule has 4 heteroatoms. The number of carbonyl (C=O) groups excluding carboxylic acids is 2. The van der Waals surface area contributed by atoms with Gasteiger partial charge in [0.2, 0.25) is 0 Å². The number of rotatable bonds is 14. The Morgan fingerprint density at radius 1 is 0.760 bits per heavy atom. The van der Waals surface area contributed by atoms with Crippen LogP contribution in [0.4, 0.5) is 0 Å². The lowest BCUT2D eigenvalue weighted by Crippen LogP contribution is -2.10. The number of benzene rings is 1. The van der Waals surface area contributed by atoms with Crippen LogP contribution in [0.3, 0.4) is 0 Å². The molecule has 25 heavy (non-hydrogen) atoms. The smallest absolute Gasteiger partial charge is 0.305 e. The summed E-state index contributed by atoms with van der Waals surface area (Å²) < 4.78 is 10.4. The maximum absolute atomic E-state index is 11.6. The number of ether oxygens (including phenoxy) is 2. The van der Waals surface area contributed by atoms with Crippen molar-refractivity contribution < 1.29 is 19.1 Å². The van der Waals surface area contributed by atoms with Gasteiger partial charge in [0, 0.05) is 19.3 Å². The lowest BCUT2D eigenvalue weighted by atomic mass is 10.1. The van der Waals surface area contributed by atoms with Crippen molar-refractivity contribution in [3.05, 3.63) is 35.9 Å². The van der Waals surface area contributed by atoms with Crippen molar-refractivity contribution in [3.63, 3.8) is 0 Å². The minimum absolute atomic E-state index is 0.217. The highest BCUT2D eigenvalue weighted by Crippen LogP contribution is 2.06. The van der Waals surface area contributed by atoms with E-state index < -0.39 is 0 Å². The monoisotopic (exact) mass is 348 g/mol. The number of hydrogen-bond acceptors (Lipinski definition) is 4. The molecule has 0 radical (unpaired) electrons. The van der Waals surface area contributed by atoms with E-state index >= 15 is 0 Å². The van der Waals surface area contributed by atoms with Crippen LogP contribution in [0.5, 0.6) is 0 Å². The van der Waals surface area contributed by atoms with Gasteiger partial charge < -0.3 is 9.47 Å². The van der Waals surface area contributed by atoms with Crippen LogP contribution in [0.1, 0.15) is 70.3 Å². The second-order valence-electron chi connectivity index (χ2n) is 6.30. The summed E-state index contributed by atoms with van der Waals surface area (Å²) >= 11 is 0. The first kappa shape index (κ1) is 21.2. The molecule has 0 unspecified atom stereocenters. The van der Waals surface area contributed by atoms with Crippen molar-refractivity contribution in [2.75, 3.05) is 13.2 Å². The van der Waals surface area contributed by atoms with Crippen LogP contribution in [0.25, 0.3) is 0 Å². The Morgan fingerprint density at radius 2 is 1.36 bits per heavy atom. The molecule has 140 valence electrons. The maximum Gasteiger partial charge on any atom is 0.305 e. The number of carbonyl (C=O) groups is 2. The van der Waals surface area contributed by atoms with E-state index in [0.717, 1.165) is 18.4 Å². The molecule has 0 amide bonds. The van der Waals surface area contributed by atoms with Crippen LogP contribution in [-0.2, 0) is 25.5 Å². The van der Waals surface area contributed by atoms with Gasteiger partial charge in [-0.15, -0.1) is 0 Å². The summed E-state index contributed by atoms with van der Waals surface area (Å²) in [5.74, 6) is -0.467. The average Bonchev–Trinajstić information content (AvgIpc) is 2.62. The van der Waals surface area contributed by atoms with Gasteiger partial charge in [-0.05, 0) is 18.4 Å². The Morgan fingerprint density at radius 3 is 2.04 bits per heavy atom. The minimum atomic E-state index is -0.250. The highest BCUT2D eigenvalue weighted by molar-refractivity contribution is 5.72. The SMILES string of the molecule is CCCCCCCCOC(=O)CCCC(=O)OCCc1ccccc1. The first-order chi connectivity index (χ1) is 12.2. The van der Waals surface area contributed by atoms with Gasteiger partial charge in [-0.2, -0.15) is 0 Å². The van der Waals surface area contributed by atoms with E-state index in [0.29, 0.717) is 26.1 Å². The largest absolute Gasteiger partial charge is 0.466 e. The van der Waals surface area contributed by atoms with Crippen LogP contribution in [0, 0.1) is 0 Å². The van der Waals surface area contributed by atoms with Gasteiger partial charge in [0.1, 0.15) is 0 Å². The minimum Gasteiger partial charge on any atom is -0.466 e. The Balaban J connectivity index is 1.93. The lowest BCUT2D eigenvalue weighted by molar-refractivity contribution is -0.145. The van der Waals surface area contributed by atoms with Crippen molar-refractivity contribution in [1.82, 2.24) is 0 Å². The molecule has 1 aromatic rings. The van der Waals surface area contributed by atoms with E-state index in [4.69, 9.17) is 9.47 Å². The van der Waals surface area contributed by atoms with Crippen LogP contribution < -0.4 is 0 Å². The lowest BCUT2D eigenvalue weighted by Gasteiger charge is -2.06. The molecule has 0 aromatic heterocycles. The zero-order chi connectivity index (χ0) is 18.2. The quantitative estimate of drug-likeness (QED) is 0.356. The highest BCUT2D eigenvalue weighted by atomic mass is 16.5. The van der Waals surface area contributed by atoms with Crippen molar-refractivity contribution in [3.8, 4) is 0 Å². The molecule has 0 aliphatic carbocycles. The second kappa shape index (κ2) is 14.5. The van der Waals surface area contributed by atoms with Crippen LogP contribution in [0.15, 0.2) is 30.3 Å². The number of unbranched alkanes of at least 4 members (excludes halogenated alkanes) is 5. The zero-order valence-electron chi connectivity index (χ0n) is 15.5. The summed E-state index contributed by atoms with van der Waals surface area (Å²) in [7, 11) is 0. The average molecular weight is 348 g/mol. The van der Waals surface area contributed by atoms with Crippen molar-refractivity contribution in [2.45, 2.75) is 71.1 Å². The molecule has 0 heterocycles. The summed E-state index contributed by atoms with van der Waals surface area (Å²) in [6, 6.07) is 9.91. The highest BCUT2D eigenvalue weighted by Gasteiger charge is 2.07. The fraction of sp³-hybridized carbons (Fsp3) is 0.619. The Bertz CT molecular complexity index is 470. The summed E-state index contributed by atoms with van der Waals surface area (Å²) in [6.45, 7) is 3.07. The molecule has 0 saturated heterocycles. The molecule has 0 spiro atoms. The zero-order valence-corrected chi connectivity index (χ0v) is 15.5. The van der Waals surface area contributed by atoms with Crippen molar-refractivity contribution in [1.29, 1.82) is 0 Å². The number of hydrogen-bond donors (Lipinski definition) is 0. The van der Waals surface area contributed by atoms with Crippen molar-refractivity contribution >= 4 is 11.9 Å². The van der Waals surface area contributed by atoms with E-state index in [1.165, 1.54) is 25.7 Å². The van der Waals surface area contributed by atoms with Crippen molar-refractivity contribution in [2.24, 2.45) is 0 Å². The van der Waals surface area contributed by atoms with Crippen LogP contribution >= 0.6 is 0 Å². The van der Waals surface area contributed by atoms with E-state index in [-0.39, 0.29) is 24.8 Å². The van der Waals surface area contributed by atoms with E-state index in [9.17, 15) is 9.59 Å². The Labute approximate surface area is 151 Å². The molecule has 0 atom stereocenters. The predicted octanol–water partition coefficient (Wildman–Crippen LogP) is 4.85. The fourth-order valence-electron chi connectivity index (χ4n) is 2.52. The molecule has 0 aliphatic heterocycles. The summed E-state index contributed by atoms with van der Waals surface area (Å²) in [5.41, 5.74) is 1.15. The predicted molar refractivity (Wildman–Crippen MR) is 99.3 cm³/mol. The summed E-state index contributed by atoms with van der Waals surface area (Å²) in [5, 5.41) is 0. The first-order valence-corrected chi connectivity index (χ1v) is 9.57. The van der Waals surface area contributed by atoms with Gasteiger partial charge in [-0.25, -0.2) is 0 Å².